The average Bonchev–Trinajstić information content (AvgIpc) is 2.58. The lowest BCUT2D eigenvalue weighted by atomic mass is 9.86. The molecule has 0 aliphatic heterocycles. The largest absolute Gasteiger partial charge is 0.349 e. The summed E-state index contributed by atoms with van der Waals surface area (Å²) >= 11 is 0. The number of rotatable bonds is 6. The molecule has 128 valence electrons. The third-order valence-electron chi connectivity index (χ3n) is 4.41. The minimum Gasteiger partial charge on any atom is -0.349 e. The number of carbonyl (C=O) groups is 1. The van der Waals surface area contributed by atoms with Crippen molar-refractivity contribution in [1.29, 1.82) is 0 Å². The predicted octanol–water partition coefficient (Wildman–Crippen LogP) is 5.18. The monoisotopic (exact) mass is 323 g/mol. The molecule has 0 unspecified atom stereocenters. The minimum absolute atomic E-state index is 0.0990. The first-order chi connectivity index (χ1) is 11.4. The molecule has 0 bridgehead atoms. The number of hydrogen-bond donors (Lipinski definition) is 1. The Kier molecular flexibility index (Phi) is 6.19. The average molecular weight is 323 g/mol. The first-order valence-corrected chi connectivity index (χ1v) is 8.84. The number of amides is 1. The lowest BCUT2D eigenvalue weighted by Crippen LogP contribution is -2.28. The van der Waals surface area contributed by atoms with E-state index in [1.54, 1.807) is 0 Å². The van der Waals surface area contributed by atoms with E-state index in [0.29, 0.717) is 6.42 Å². The van der Waals surface area contributed by atoms with Crippen molar-refractivity contribution >= 4 is 5.91 Å². The first-order valence-electron chi connectivity index (χ1n) is 8.84. The van der Waals surface area contributed by atoms with E-state index in [-0.39, 0.29) is 17.4 Å². The van der Waals surface area contributed by atoms with Gasteiger partial charge in [0, 0.05) is 6.42 Å². The Hall–Kier alpha value is -2.09. The standard InChI is InChI=1S/C22H29NO/c1-5-20(18-9-7-6-8-10-18)23-21(24)16-13-17-11-14-19(15-12-17)22(2,3)4/h6-12,14-15,20H,5,13,16H2,1-4H3,(H,23,24)/t20-/m0/s1. The zero-order valence-corrected chi connectivity index (χ0v) is 15.3. The van der Waals surface area contributed by atoms with Crippen LogP contribution in [0.1, 0.15) is 63.3 Å². The molecule has 0 saturated heterocycles. The first kappa shape index (κ1) is 18.3. The van der Waals surface area contributed by atoms with Gasteiger partial charge < -0.3 is 5.32 Å². The van der Waals surface area contributed by atoms with Gasteiger partial charge in [-0.05, 0) is 34.9 Å². The van der Waals surface area contributed by atoms with E-state index < -0.39 is 0 Å². The lowest BCUT2D eigenvalue weighted by Gasteiger charge is -2.19. The van der Waals surface area contributed by atoms with Crippen molar-refractivity contribution in [3.05, 3.63) is 71.3 Å². The predicted molar refractivity (Wildman–Crippen MR) is 101 cm³/mol. The van der Waals surface area contributed by atoms with Gasteiger partial charge >= 0.3 is 0 Å². The van der Waals surface area contributed by atoms with Crippen LogP contribution in [0.3, 0.4) is 0 Å². The fraction of sp³-hybridized carbons (Fsp3) is 0.409. The highest BCUT2D eigenvalue weighted by Gasteiger charge is 2.14. The van der Waals surface area contributed by atoms with Gasteiger partial charge in [0.05, 0.1) is 6.04 Å². The van der Waals surface area contributed by atoms with Crippen molar-refractivity contribution in [1.82, 2.24) is 5.32 Å². The van der Waals surface area contributed by atoms with Crippen LogP contribution < -0.4 is 5.32 Å². The maximum Gasteiger partial charge on any atom is 0.220 e. The molecule has 0 heterocycles. The molecule has 0 radical (unpaired) electrons. The van der Waals surface area contributed by atoms with Crippen molar-refractivity contribution < 1.29 is 4.79 Å². The molecular weight excluding hydrogens is 294 g/mol. The van der Waals surface area contributed by atoms with Crippen LogP contribution in [0.25, 0.3) is 0 Å². The van der Waals surface area contributed by atoms with E-state index >= 15 is 0 Å². The number of hydrogen-bond acceptors (Lipinski definition) is 1. The summed E-state index contributed by atoms with van der Waals surface area (Å²) in [5.41, 5.74) is 3.87. The number of carbonyl (C=O) groups excluding carboxylic acids is 1. The van der Waals surface area contributed by atoms with Gasteiger partial charge in [-0.3, -0.25) is 4.79 Å². The van der Waals surface area contributed by atoms with Crippen LogP contribution in [0.4, 0.5) is 0 Å². The van der Waals surface area contributed by atoms with E-state index in [9.17, 15) is 4.79 Å². The molecule has 2 rings (SSSR count). The molecule has 0 aromatic heterocycles. The summed E-state index contributed by atoms with van der Waals surface area (Å²) in [5, 5.41) is 3.15. The van der Waals surface area contributed by atoms with Gasteiger partial charge in [0.2, 0.25) is 5.91 Å². The molecule has 24 heavy (non-hydrogen) atoms. The zero-order valence-electron chi connectivity index (χ0n) is 15.3. The van der Waals surface area contributed by atoms with Crippen molar-refractivity contribution in [3.63, 3.8) is 0 Å². The fourth-order valence-corrected chi connectivity index (χ4v) is 2.80. The van der Waals surface area contributed by atoms with Crippen molar-refractivity contribution in [2.45, 2.75) is 58.4 Å². The normalized spacial score (nSPS) is 12.7. The van der Waals surface area contributed by atoms with Crippen molar-refractivity contribution in [2.75, 3.05) is 0 Å². The van der Waals surface area contributed by atoms with Gasteiger partial charge in [-0.2, -0.15) is 0 Å². The summed E-state index contributed by atoms with van der Waals surface area (Å²) in [7, 11) is 0. The maximum atomic E-state index is 12.3. The van der Waals surface area contributed by atoms with Gasteiger partial charge in [-0.1, -0.05) is 82.3 Å². The van der Waals surface area contributed by atoms with Crippen LogP contribution in [0.5, 0.6) is 0 Å². The Morgan fingerprint density at radius 3 is 2.17 bits per heavy atom. The summed E-state index contributed by atoms with van der Waals surface area (Å²) in [6.45, 7) is 8.74. The Morgan fingerprint density at radius 2 is 1.62 bits per heavy atom. The lowest BCUT2D eigenvalue weighted by molar-refractivity contribution is -0.121. The summed E-state index contributed by atoms with van der Waals surface area (Å²) in [4.78, 5) is 12.3. The minimum atomic E-state index is 0.0990. The van der Waals surface area contributed by atoms with Crippen molar-refractivity contribution in [3.8, 4) is 0 Å². The fourth-order valence-electron chi connectivity index (χ4n) is 2.80. The number of aryl methyl sites for hydroxylation is 1. The second kappa shape index (κ2) is 8.14. The molecule has 0 spiro atoms. The van der Waals surface area contributed by atoms with E-state index in [1.807, 2.05) is 18.2 Å². The summed E-state index contributed by atoms with van der Waals surface area (Å²) in [6.07, 6.45) is 2.20. The molecule has 1 N–H and O–H groups in total. The summed E-state index contributed by atoms with van der Waals surface area (Å²) < 4.78 is 0. The van der Waals surface area contributed by atoms with Gasteiger partial charge in [0.15, 0.2) is 0 Å². The topological polar surface area (TPSA) is 29.1 Å². The quantitative estimate of drug-likeness (QED) is 0.779. The molecule has 0 fully saturated rings. The number of benzene rings is 2. The van der Waals surface area contributed by atoms with E-state index in [2.05, 4.69) is 69.4 Å². The highest BCUT2D eigenvalue weighted by Crippen LogP contribution is 2.22. The molecule has 0 saturated carbocycles. The van der Waals surface area contributed by atoms with Crippen LogP contribution >= 0.6 is 0 Å². The Bertz CT molecular complexity index is 638. The molecule has 2 aromatic rings. The third kappa shape index (κ3) is 5.23. The van der Waals surface area contributed by atoms with Gasteiger partial charge in [-0.15, -0.1) is 0 Å². The molecule has 1 amide bonds. The highest BCUT2D eigenvalue weighted by atomic mass is 16.1. The molecule has 1 atom stereocenters. The summed E-state index contributed by atoms with van der Waals surface area (Å²) in [6, 6.07) is 18.9. The zero-order chi connectivity index (χ0) is 17.6. The molecule has 0 aliphatic rings. The Balaban J connectivity index is 1.88. The molecular formula is C22H29NO. The van der Waals surface area contributed by atoms with E-state index in [0.717, 1.165) is 12.8 Å². The summed E-state index contributed by atoms with van der Waals surface area (Å²) in [5.74, 6) is 0.116. The van der Waals surface area contributed by atoms with Gasteiger partial charge in [-0.25, -0.2) is 0 Å². The SMILES string of the molecule is CC[C@H](NC(=O)CCc1ccc(C(C)(C)C)cc1)c1ccccc1. The van der Waals surface area contributed by atoms with Crippen LogP contribution in [-0.2, 0) is 16.6 Å². The Labute approximate surface area is 146 Å². The van der Waals surface area contributed by atoms with Gasteiger partial charge in [0.1, 0.15) is 0 Å². The van der Waals surface area contributed by atoms with Crippen LogP contribution in [0.2, 0.25) is 0 Å². The van der Waals surface area contributed by atoms with E-state index in [4.69, 9.17) is 0 Å². The van der Waals surface area contributed by atoms with Gasteiger partial charge in [0.25, 0.3) is 0 Å². The third-order valence-corrected chi connectivity index (χ3v) is 4.41. The Morgan fingerprint density at radius 1 is 1.00 bits per heavy atom. The van der Waals surface area contributed by atoms with E-state index in [1.165, 1.54) is 16.7 Å². The van der Waals surface area contributed by atoms with Crippen LogP contribution in [0, 0.1) is 0 Å². The second-order valence-electron chi connectivity index (χ2n) is 7.39. The van der Waals surface area contributed by atoms with Crippen LogP contribution in [-0.4, -0.2) is 5.91 Å². The molecule has 2 aromatic carbocycles. The maximum absolute atomic E-state index is 12.3. The smallest absolute Gasteiger partial charge is 0.220 e. The number of nitrogens with one attached hydrogen (secondary N) is 1. The molecule has 0 aliphatic carbocycles. The van der Waals surface area contributed by atoms with Crippen molar-refractivity contribution in [2.24, 2.45) is 0 Å². The molecule has 2 heteroatoms. The molecule has 2 nitrogen and oxygen atoms in total. The second-order valence-corrected chi connectivity index (χ2v) is 7.39. The highest BCUT2D eigenvalue weighted by molar-refractivity contribution is 5.76. The van der Waals surface area contributed by atoms with Crippen LogP contribution in [0.15, 0.2) is 54.6 Å².